The third-order valence-electron chi connectivity index (χ3n) is 5.71. The van der Waals surface area contributed by atoms with Crippen LogP contribution < -0.4 is 0 Å². The first-order chi connectivity index (χ1) is 14.3. The van der Waals surface area contributed by atoms with Crippen molar-refractivity contribution in [3.8, 4) is 0 Å². The maximum absolute atomic E-state index is 13.0. The second-order valence-corrected chi connectivity index (χ2v) is 8.36. The number of alkyl halides is 3. The molecule has 162 valence electrons. The number of hydrogen-bond donors (Lipinski definition) is 0. The molecular weight excluding hydrogens is 417 g/mol. The van der Waals surface area contributed by atoms with Crippen molar-refractivity contribution >= 4 is 17.5 Å². The molecule has 9 heteroatoms. The van der Waals surface area contributed by atoms with Crippen molar-refractivity contribution in [2.75, 3.05) is 26.2 Å². The Morgan fingerprint density at radius 2 is 1.83 bits per heavy atom. The van der Waals surface area contributed by atoms with Crippen LogP contribution in [0.4, 0.5) is 13.2 Å². The standard InChI is InChI=1S/C21H24ClF3N4O/c22-17-4-2-1-3-16(17)14-27-9-11-28(12-10-27)20(30)7-8-29-18(15-5-6-15)13-19(26-29)21(23,24)25/h1-4,13,15H,5-12,14H2. The van der Waals surface area contributed by atoms with Crippen LogP contribution in [0.25, 0.3) is 0 Å². The number of nitrogens with zero attached hydrogens (tertiary/aromatic N) is 4. The van der Waals surface area contributed by atoms with E-state index in [0.717, 1.165) is 49.1 Å². The van der Waals surface area contributed by atoms with E-state index in [1.807, 2.05) is 24.3 Å². The normalized spacial score (nSPS) is 18.1. The predicted molar refractivity (Wildman–Crippen MR) is 107 cm³/mol. The van der Waals surface area contributed by atoms with Gasteiger partial charge in [0.2, 0.25) is 5.91 Å². The summed E-state index contributed by atoms with van der Waals surface area (Å²) in [7, 11) is 0. The second kappa shape index (κ2) is 8.59. The van der Waals surface area contributed by atoms with Crippen molar-refractivity contribution in [2.45, 2.75) is 44.4 Å². The Hall–Kier alpha value is -2.06. The summed E-state index contributed by atoms with van der Waals surface area (Å²) >= 11 is 6.22. The van der Waals surface area contributed by atoms with E-state index in [4.69, 9.17) is 11.6 Å². The summed E-state index contributed by atoms with van der Waals surface area (Å²) in [6, 6.07) is 8.85. The molecule has 0 unspecified atom stereocenters. The summed E-state index contributed by atoms with van der Waals surface area (Å²) in [4.78, 5) is 16.6. The number of piperazine rings is 1. The Morgan fingerprint density at radius 1 is 1.13 bits per heavy atom. The van der Waals surface area contributed by atoms with Crippen LogP contribution in [-0.2, 0) is 24.1 Å². The number of aryl methyl sites for hydroxylation is 1. The first-order valence-electron chi connectivity index (χ1n) is 10.2. The van der Waals surface area contributed by atoms with Crippen molar-refractivity contribution < 1.29 is 18.0 Å². The number of carbonyl (C=O) groups excluding carboxylic acids is 1. The minimum atomic E-state index is -4.46. The van der Waals surface area contributed by atoms with Gasteiger partial charge in [0.05, 0.1) is 0 Å². The van der Waals surface area contributed by atoms with Crippen LogP contribution in [0, 0.1) is 0 Å². The van der Waals surface area contributed by atoms with Gasteiger partial charge in [-0.05, 0) is 30.5 Å². The van der Waals surface area contributed by atoms with Gasteiger partial charge in [0.15, 0.2) is 5.69 Å². The zero-order chi connectivity index (χ0) is 21.3. The van der Waals surface area contributed by atoms with Crippen LogP contribution in [0.15, 0.2) is 30.3 Å². The molecule has 1 aliphatic carbocycles. The predicted octanol–water partition coefficient (Wildman–Crippen LogP) is 4.17. The van der Waals surface area contributed by atoms with Crippen molar-refractivity contribution in [3.63, 3.8) is 0 Å². The van der Waals surface area contributed by atoms with E-state index < -0.39 is 11.9 Å². The molecule has 1 amide bonds. The number of amides is 1. The molecule has 1 saturated heterocycles. The van der Waals surface area contributed by atoms with Gasteiger partial charge in [-0.3, -0.25) is 14.4 Å². The summed E-state index contributed by atoms with van der Waals surface area (Å²) in [5.41, 5.74) is 0.787. The molecule has 1 aromatic heterocycles. The lowest BCUT2D eigenvalue weighted by Gasteiger charge is -2.35. The molecule has 0 N–H and O–H groups in total. The van der Waals surface area contributed by atoms with Gasteiger partial charge >= 0.3 is 6.18 Å². The largest absolute Gasteiger partial charge is 0.435 e. The highest BCUT2D eigenvalue weighted by atomic mass is 35.5. The number of rotatable bonds is 6. The fourth-order valence-electron chi connectivity index (χ4n) is 3.84. The van der Waals surface area contributed by atoms with Crippen LogP contribution in [0.5, 0.6) is 0 Å². The third kappa shape index (κ3) is 4.98. The smallest absolute Gasteiger partial charge is 0.340 e. The Morgan fingerprint density at radius 3 is 2.47 bits per heavy atom. The number of halogens is 4. The highest BCUT2D eigenvalue weighted by Gasteiger charge is 2.37. The minimum Gasteiger partial charge on any atom is -0.340 e. The van der Waals surface area contributed by atoms with Gasteiger partial charge in [-0.25, -0.2) is 0 Å². The molecule has 2 fully saturated rings. The maximum atomic E-state index is 13.0. The van der Waals surface area contributed by atoms with Crippen LogP contribution in [-0.4, -0.2) is 51.7 Å². The Labute approximate surface area is 178 Å². The molecule has 5 nitrogen and oxygen atoms in total. The summed E-state index contributed by atoms with van der Waals surface area (Å²) in [6.07, 6.45) is -2.55. The average molecular weight is 441 g/mol. The quantitative estimate of drug-likeness (QED) is 0.677. The fourth-order valence-corrected chi connectivity index (χ4v) is 4.03. The second-order valence-electron chi connectivity index (χ2n) is 7.95. The van der Waals surface area contributed by atoms with Crippen LogP contribution >= 0.6 is 11.6 Å². The topological polar surface area (TPSA) is 41.4 Å². The van der Waals surface area contributed by atoms with Gasteiger partial charge in [-0.2, -0.15) is 18.3 Å². The maximum Gasteiger partial charge on any atom is 0.435 e. The number of benzene rings is 1. The Kier molecular flexibility index (Phi) is 6.06. The van der Waals surface area contributed by atoms with Crippen LogP contribution in [0.1, 0.15) is 42.1 Å². The molecule has 1 saturated carbocycles. The molecule has 0 atom stereocenters. The van der Waals surface area contributed by atoms with Crippen molar-refractivity contribution in [1.29, 1.82) is 0 Å². The zero-order valence-corrected chi connectivity index (χ0v) is 17.3. The zero-order valence-electron chi connectivity index (χ0n) is 16.5. The lowest BCUT2D eigenvalue weighted by atomic mass is 10.2. The van der Waals surface area contributed by atoms with E-state index in [-0.39, 0.29) is 24.8 Å². The molecule has 1 aliphatic heterocycles. The lowest BCUT2D eigenvalue weighted by Crippen LogP contribution is -2.48. The van der Waals surface area contributed by atoms with Gasteiger partial charge in [0, 0.05) is 62.3 Å². The number of hydrogen-bond acceptors (Lipinski definition) is 3. The van der Waals surface area contributed by atoms with Gasteiger partial charge in [-0.1, -0.05) is 29.8 Å². The molecule has 1 aromatic carbocycles. The van der Waals surface area contributed by atoms with Crippen LogP contribution in [0.3, 0.4) is 0 Å². The summed E-state index contributed by atoms with van der Waals surface area (Å²) in [5.74, 6) is 0.0928. The first-order valence-corrected chi connectivity index (χ1v) is 10.6. The highest BCUT2D eigenvalue weighted by molar-refractivity contribution is 6.31. The summed E-state index contributed by atoms with van der Waals surface area (Å²) < 4.78 is 40.4. The molecule has 2 aliphatic rings. The molecule has 0 radical (unpaired) electrons. The van der Waals surface area contributed by atoms with Gasteiger partial charge < -0.3 is 4.90 Å². The molecule has 2 aromatic rings. The molecule has 2 heterocycles. The summed E-state index contributed by atoms with van der Waals surface area (Å²) in [6.45, 7) is 3.60. The van der Waals surface area contributed by atoms with E-state index in [9.17, 15) is 18.0 Å². The van der Waals surface area contributed by atoms with E-state index >= 15 is 0 Å². The van der Waals surface area contributed by atoms with Crippen LogP contribution in [0.2, 0.25) is 5.02 Å². The van der Waals surface area contributed by atoms with E-state index in [1.54, 1.807) is 4.90 Å². The molecule has 0 bridgehead atoms. The lowest BCUT2D eigenvalue weighted by molar-refractivity contribution is -0.141. The van der Waals surface area contributed by atoms with E-state index in [1.165, 1.54) is 4.68 Å². The third-order valence-corrected chi connectivity index (χ3v) is 6.08. The molecule has 30 heavy (non-hydrogen) atoms. The van der Waals surface area contributed by atoms with Crippen molar-refractivity contribution in [1.82, 2.24) is 19.6 Å². The molecular formula is C21H24ClF3N4O. The molecule has 0 spiro atoms. The minimum absolute atomic E-state index is 0.0433. The summed E-state index contributed by atoms with van der Waals surface area (Å²) in [5, 5.41) is 4.46. The monoisotopic (exact) mass is 440 g/mol. The van der Waals surface area contributed by atoms with Gasteiger partial charge in [-0.15, -0.1) is 0 Å². The van der Waals surface area contributed by atoms with Gasteiger partial charge in [0.25, 0.3) is 0 Å². The average Bonchev–Trinajstić information content (AvgIpc) is 3.46. The fraction of sp³-hybridized carbons (Fsp3) is 0.524. The molecule has 4 rings (SSSR count). The van der Waals surface area contributed by atoms with E-state index in [2.05, 4.69) is 10.00 Å². The number of aromatic nitrogens is 2. The van der Waals surface area contributed by atoms with E-state index in [0.29, 0.717) is 18.8 Å². The van der Waals surface area contributed by atoms with Gasteiger partial charge in [0.1, 0.15) is 0 Å². The first kappa shape index (κ1) is 21.2. The SMILES string of the molecule is O=C(CCn1nc(C(F)(F)F)cc1C1CC1)N1CCN(Cc2ccccc2Cl)CC1. The highest BCUT2D eigenvalue weighted by Crippen LogP contribution is 2.42. The number of carbonyl (C=O) groups is 1. The Balaban J connectivity index is 1.29. The van der Waals surface area contributed by atoms with Crippen molar-refractivity contribution in [3.05, 3.63) is 52.3 Å². The van der Waals surface area contributed by atoms with Crippen molar-refractivity contribution in [2.24, 2.45) is 0 Å². The Bertz CT molecular complexity index is 902.